The Bertz CT molecular complexity index is 432. The number of carbonyl (C=O) groups is 1. The third-order valence-electron chi connectivity index (χ3n) is 2.24. The number of ether oxygens (including phenoxy) is 3. The second-order valence-corrected chi connectivity index (χ2v) is 3.76. The van der Waals surface area contributed by atoms with Crippen molar-refractivity contribution in [3.63, 3.8) is 0 Å². The summed E-state index contributed by atoms with van der Waals surface area (Å²) >= 11 is 0. The Morgan fingerprint density at radius 2 is 1.95 bits per heavy atom. The van der Waals surface area contributed by atoms with E-state index in [4.69, 9.17) is 4.74 Å². The monoisotopic (exact) mass is 292 g/mol. The molecule has 0 aliphatic rings. The van der Waals surface area contributed by atoms with Crippen LogP contribution in [0.5, 0.6) is 5.75 Å². The Morgan fingerprint density at radius 3 is 2.60 bits per heavy atom. The highest BCUT2D eigenvalue weighted by Crippen LogP contribution is 2.26. The molecule has 0 spiro atoms. The van der Waals surface area contributed by atoms with Crippen LogP contribution >= 0.6 is 0 Å². The Morgan fingerprint density at radius 1 is 1.25 bits per heavy atom. The van der Waals surface area contributed by atoms with Crippen LogP contribution in [-0.4, -0.2) is 32.2 Å². The lowest BCUT2D eigenvalue weighted by molar-refractivity contribution is -0.274. The van der Waals surface area contributed by atoms with Gasteiger partial charge in [0.2, 0.25) is 0 Å². The van der Waals surface area contributed by atoms with Crippen LogP contribution in [-0.2, 0) is 20.7 Å². The van der Waals surface area contributed by atoms with Crippen molar-refractivity contribution >= 4 is 5.97 Å². The van der Waals surface area contributed by atoms with Crippen molar-refractivity contribution in [3.8, 4) is 5.75 Å². The van der Waals surface area contributed by atoms with Gasteiger partial charge in [-0.05, 0) is 25.0 Å². The van der Waals surface area contributed by atoms with Crippen LogP contribution in [0.2, 0.25) is 0 Å². The van der Waals surface area contributed by atoms with E-state index in [-0.39, 0.29) is 32.0 Å². The fourth-order valence-electron chi connectivity index (χ4n) is 1.47. The normalized spacial score (nSPS) is 11.2. The molecule has 4 nitrogen and oxygen atoms in total. The average Bonchev–Trinajstić information content (AvgIpc) is 2.35. The predicted molar refractivity (Wildman–Crippen MR) is 64.3 cm³/mol. The Hall–Kier alpha value is -1.76. The SMILES string of the molecule is CCOC(=O)COCCc1ccccc1OC(F)(F)F. The topological polar surface area (TPSA) is 44.8 Å². The Balaban J connectivity index is 2.46. The summed E-state index contributed by atoms with van der Waals surface area (Å²) < 4.78 is 50.1. The number of halogens is 3. The first-order chi connectivity index (χ1) is 9.42. The zero-order chi connectivity index (χ0) is 15.0. The molecule has 0 aliphatic carbocycles. The van der Waals surface area contributed by atoms with Gasteiger partial charge in [-0.15, -0.1) is 13.2 Å². The van der Waals surface area contributed by atoms with Gasteiger partial charge in [-0.3, -0.25) is 0 Å². The van der Waals surface area contributed by atoms with Crippen LogP contribution in [0.4, 0.5) is 13.2 Å². The number of alkyl halides is 3. The lowest BCUT2D eigenvalue weighted by Crippen LogP contribution is -2.18. The number of benzene rings is 1. The van der Waals surface area contributed by atoms with Crippen LogP contribution in [0.15, 0.2) is 24.3 Å². The second kappa shape index (κ2) is 7.74. The molecule has 0 aliphatic heterocycles. The third kappa shape index (κ3) is 6.42. The molecule has 0 bridgehead atoms. The zero-order valence-corrected chi connectivity index (χ0v) is 10.9. The highest BCUT2D eigenvalue weighted by Gasteiger charge is 2.31. The summed E-state index contributed by atoms with van der Waals surface area (Å²) in [6.45, 7) is 1.79. The van der Waals surface area contributed by atoms with Crippen molar-refractivity contribution in [2.24, 2.45) is 0 Å². The minimum Gasteiger partial charge on any atom is -0.464 e. The molecule has 0 heterocycles. The van der Waals surface area contributed by atoms with Gasteiger partial charge < -0.3 is 14.2 Å². The Labute approximate surface area is 114 Å². The summed E-state index contributed by atoms with van der Waals surface area (Å²) in [5.74, 6) is -0.771. The van der Waals surface area contributed by atoms with E-state index in [9.17, 15) is 18.0 Å². The smallest absolute Gasteiger partial charge is 0.464 e. The van der Waals surface area contributed by atoms with Gasteiger partial charge in [0, 0.05) is 0 Å². The van der Waals surface area contributed by atoms with Crippen molar-refractivity contribution in [2.75, 3.05) is 19.8 Å². The number of carbonyl (C=O) groups excluding carboxylic acids is 1. The molecule has 0 fully saturated rings. The molecular weight excluding hydrogens is 277 g/mol. The molecule has 20 heavy (non-hydrogen) atoms. The summed E-state index contributed by atoms with van der Waals surface area (Å²) in [4.78, 5) is 11.0. The van der Waals surface area contributed by atoms with Gasteiger partial charge in [0.25, 0.3) is 0 Å². The summed E-state index contributed by atoms with van der Waals surface area (Å²) in [6.07, 6.45) is -4.53. The van der Waals surface area contributed by atoms with E-state index in [0.29, 0.717) is 5.56 Å². The minimum absolute atomic E-state index is 0.0943. The van der Waals surface area contributed by atoms with Gasteiger partial charge in [-0.25, -0.2) is 4.79 Å². The van der Waals surface area contributed by atoms with Crippen LogP contribution in [0.1, 0.15) is 12.5 Å². The first kappa shape index (κ1) is 16.3. The summed E-state index contributed by atoms with van der Waals surface area (Å²) in [5.41, 5.74) is 0.355. The van der Waals surface area contributed by atoms with E-state index in [1.165, 1.54) is 18.2 Å². The van der Waals surface area contributed by atoms with Crippen molar-refractivity contribution in [1.82, 2.24) is 0 Å². The molecule has 7 heteroatoms. The molecule has 1 aromatic rings. The molecule has 0 aromatic heterocycles. The first-order valence-electron chi connectivity index (χ1n) is 5.99. The number of rotatable bonds is 7. The molecule has 0 atom stereocenters. The first-order valence-corrected chi connectivity index (χ1v) is 5.99. The number of hydrogen-bond donors (Lipinski definition) is 0. The fraction of sp³-hybridized carbons (Fsp3) is 0.462. The standard InChI is InChI=1S/C13H15F3O4/c1-2-19-12(17)9-18-8-7-10-5-3-4-6-11(10)20-13(14,15)16/h3-6H,2,7-9H2,1H3. The molecule has 0 amide bonds. The quantitative estimate of drug-likeness (QED) is 0.572. The van der Waals surface area contributed by atoms with Crippen LogP contribution in [0.25, 0.3) is 0 Å². The predicted octanol–water partition coefficient (Wildman–Crippen LogP) is 2.71. The van der Waals surface area contributed by atoms with Crippen LogP contribution < -0.4 is 4.74 Å². The fourth-order valence-corrected chi connectivity index (χ4v) is 1.47. The van der Waals surface area contributed by atoms with E-state index >= 15 is 0 Å². The van der Waals surface area contributed by atoms with Gasteiger partial charge >= 0.3 is 12.3 Å². The van der Waals surface area contributed by atoms with Gasteiger partial charge in [0.05, 0.1) is 13.2 Å². The molecular formula is C13H15F3O4. The highest BCUT2D eigenvalue weighted by atomic mass is 19.4. The maximum atomic E-state index is 12.2. The molecule has 0 saturated heterocycles. The molecule has 0 unspecified atom stereocenters. The molecule has 0 N–H and O–H groups in total. The van der Waals surface area contributed by atoms with Gasteiger partial charge in [0.1, 0.15) is 12.4 Å². The van der Waals surface area contributed by atoms with Crippen molar-refractivity contribution in [3.05, 3.63) is 29.8 Å². The molecule has 112 valence electrons. The molecule has 1 rings (SSSR count). The number of esters is 1. The van der Waals surface area contributed by atoms with Gasteiger partial charge in [-0.2, -0.15) is 0 Å². The van der Waals surface area contributed by atoms with Crippen molar-refractivity contribution in [2.45, 2.75) is 19.7 Å². The highest BCUT2D eigenvalue weighted by molar-refractivity contribution is 5.70. The summed E-state index contributed by atoms with van der Waals surface area (Å²) in [6, 6.07) is 5.79. The maximum Gasteiger partial charge on any atom is 0.573 e. The lowest BCUT2D eigenvalue weighted by Gasteiger charge is -2.13. The number of para-hydroxylation sites is 1. The van der Waals surface area contributed by atoms with E-state index in [1.54, 1.807) is 13.0 Å². The largest absolute Gasteiger partial charge is 0.573 e. The van der Waals surface area contributed by atoms with Crippen LogP contribution in [0, 0.1) is 0 Å². The summed E-state index contributed by atoms with van der Waals surface area (Å²) in [5, 5.41) is 0. The minimum atomic E-state index is -4.73. The zero-order valence-electron chi connectivity index (χ0n) is 10.9. The van der Waals surface area contributed by atoms with Crippen molar-refractivity contribution in [1.29, 1.82) is 0 Å². The average molecular weight is 292 g/mol. The van der Waals surface area contributed by atoms with E-state index in [1.807, 2.05) is 0 Å². The second-order valence-electron chi connectivity index (χ2n) is 3.76. The number of hydrogen-bond acceptors (Lipinski definition) is 4. The maximum absolute atomic E-state index is 12.2. The van der Waals surface area contributed by atoms with Crippen LogP contribution in [0.3, 0.4) is 0 Å². The lowest BCUT2D eigenvalue weighted by atomic mass is 10.1. The molecule has 0 radical (unpaired) electrons. The molecule has 1 aromatic carbocycles. The van der Waals surface area contributed by atoms with E-state index in [0.717, 1.165) is 0 Å². The van der Waals surface area contributed by atoms with E-state index in [2.05, 4.69) is 9.47 Å². The van der Waals surface area contributed by atoms with Gasteiger partial charge in [-0.1, -0.05) is 18.2 Å². The van der Waals surface area contributed by atoms with Crippen molar-refractivity contribution < 1.29 is 32.2 Å². The Kier molecular flexibility index (Phi) is 6.30. The molecule has 0 saturated carbocycles. The third-order valence-corrected chi connectivity index (χ3v) is 2.24. The summed E-state index contributed by atoms with van der Waals surface area (Å²) in [7, 11) is 0. The van der Waals surface area contributed by atoms with Gasteiger partial charge in [0.15, 0.2) is 0 Å². The van der Waals surface area contributed by atoms with E-state index < -0.39 is 12.3 Å².